The van der Waals surface area contributed by atoms with Gasteiger partial charge >= 0.3 is 0 Å². The Balaban J connectivity index is 2.32. The second-order valence-electron chi connectivity index (χ2n) is 5.09. The molecule has 0 spiro atoms. The van der Waals surface area contributed by atoms with E-state index in [1.54, 1.807) is 6.07 Å². The van der Waals surface area contributed by atoms with Gasteiger partial charge in [-0.05, 0) is 40.0 Å². The van der Waals surface area contributed by atoms with Gasteiger partial charge in [-0.25, -0.2) is 4.98 Å². The van der Waals surface area contributed by atoms with Crippen molar-refractivity contribution in [3.05, 3.63) is 27.9 Å². The van der Waals surface area contributed by atoms with Gasteiger partial charge in [0.25, 0.3) is 5.56 Å². The van der Waals surface area contributed by atoms with Crippen LogP contribution in [0.25, 0.3) is 0 Å². The SMILES string of the molecule is CCc1cc(=O)[nH]c(C2CN(C)CCCN2C)n1. The smallest absolute Gasteiger partial charge is 0.251 e. The van der Waals surface area contributed by atoms with Gasteiger partial charge < -0.3 is 9.88 Å². The Kier molecular flexibility index (Phi) is 4.14. The van der Waals surface area contributed by atoms with E-state index in [9.17, 15) is 4.79 Å². The molecule has 1 atom stereocenters. The van der Waals surface area contributed by atoms with Crippen molar-refractivity contribution in [2.24, 2.45) is 0 Å². The van der Waals surface area contributed by atoms with E-state index in [4.69, 9.17) is 0 Å². The lowest BCUT2D eigenvalue weighted by Crippen LogP contribution is -2.33. The minimum atomic E-state index is -0.0443. The number of H-pyrrole nitrogens is 1. The van der Waals surface area contributed by atoms with Gasteiger partial charge in [0.15, 0.2) is 0 Å². The van der Waals surface area contributed by atoms with Crippen LogP contribution in [0.1, 0.15) is 30.9 Å². The fourth-order valence-corrected chi connectivity index (χ4v) is 2.43. The van der Waals surface area contributed by atoms with Crippen LogP contribution in [0.15, 0.2) is 10.9 Å². The van der Waals surface area contributed by atoms with E-state index in [0.29, 0.717) is 0 Å². The largest absolute Gasteiger partial charge is 0.309 e. The molecule has 1 aromatic rings. The quantitative estimate of drug-likeness (QED) is 0.837. The van der Waals surface area contributed by atoms with Crippen LogP contribution in [-0.4, -0.2) is 53.5 Å². The van der Waals surface area contributed by atoms with Crippen molar-refractivity contribution in [1.29, 1.82) is 0 Å². The Morgan fingerprint density at radius 1 is 1.44 bits per heavy atom. The first-order chi connectivity index (χ1) is 8.60. The summed E-state index contributed by atoms with van der Waals surface area (Å²) in [4.78, 5) is 23.7. The number of nitrogens with one attached hydrogen (secondary N) is 1. The number of aryl methyl sites for hydroxylation is 1. The molecule has 1 N–H and O–H groups in total. The summed E-state index contributed by atoms with van der Waals surface area (Å²) in [5.41, 5.74) is 0.825. The van der Waals surface area contributed by atoms with Gasteiger partial charge in [-0.15, -0.1) is 0 Å². The Hall–Kier alpha value is -1.20. The van der Waals surface area contributed by atoms with Crippen LogP contribution in [0.3, 0.4) is 0 Å². The molecule has 1 unspecified atom stereocenters. The van der Waals surface area contributed by atoms with Crippen molar-refractivity contribution in [2.45, 2.75) is 25.8 Å². The molecule has 100 valence electrons. The monoisotopic (exact) mass is 250 g/mol. The standard InChI is InChI=1S/C13H22N4O/c1-4-10-8-12(18)15-13(14-10)11-9-16(2)6-5-7-17(11)3/h8,11H,4-7,9H2,1-3H3,(H,14,15,18). The third-order valence-electron chi connectivity index (χ3n) is 3.56. The molecule has 2 rings (SSSR count). The van der Waals surface area contributed by atoms with Crippen LogP contribution in [0.5, 0.6) is 0 Å². The third-order valence-corrected chi connectivity index (χ3v) is 3.56. The minimum Gasteiger partial charge on any atom is -0.309 e. The van der Waals surface area contributed by atoms with Crippen LogP contribution in [-0.2, 0) is 6.42 Å². The highest BCUT2D eigenvalue weighted by Crippen LogP contribution is 2.19. The van der Waals surface area contributed by atoms with E-state index in [1.807, 2.05) is 6.92 Å². The number of nitrogens with zero attached hydrogens (tertiary/aromatic N) is 3. The zero-order chi connectivity index (χ0) is 13.1. The fraction of sp³-hybridized carbons (Fsp3) is 0.692. The highest BCUT2D eigenvalue weighted by Gasteiger charge is 2.24. The lowest BCUT2D eigenvalue weighted by Gasteiger charge is -2.26. The predicted molar refractivity (Wildman–Crippen MR) is 71.7 cm³/mol. The highest BCUT2D eigenvalue weighted by atomic mass is 16.1. The second-order valence-corrected chi connectivity index (χ2v) is 5.09. The summed E-state index contributed by atoms with van der Waals surface area (Å²) in [6.07, 6.45) is 1.95. The average molecular weight is 250 g/mol. The van der Waals surface area contributed by atoms with E-state index in [1.165, 1.54) is 0 Å². The van der Waals surface area contributed by atoms with E-state index < -0.39 is 0 Å². The van der Waals surface area contributed by atoms with Crippen molar-refractivity contribution in [3.63, 3.8) is 0 Å². The first-order valence-corrected chi connectivity index (χ1v) is 6.59. The Morgan fingerprint density at radius 3 is 2.94 bits per heavy atom. The molecule has 0 saturated carbocycles. The fourth-order valence-electron chi connectivity index (χ4n) is 2.43. The molecule has 0 radical (unpaired) electrons. The van der Waals surface area contributed by atoms with Crippen molar-refractivity contribution in [1.82, 2.24) is 19.8 Å². The third kappa shape index (κ3) is 2.97. The molecule has 0 bridgehead atoms. The lowest BCUT2D eigenvalue weighted by molar-refractivity contribution is 0.219. The maximum atomic E-state index is 11.7. The highest BCUT2D eigenvalue weighted by molar-refractivity contribution is 5.06. The average Bonchev–Trinajstić information content (AvgIpc) is 2.50. The van der Waals surface area contributed by atoms with E-state index in [2.05, 4.69) is 33.9 Å². The first kappa shape index (κ1) is 13.2. The molecule has 18 heavy (non-hydrogen) atoms. The summed E-state index contributed by atoms with van der Waals surface area (Å²) in [7, 11) is 4.22. The molecule has 1 fully saturated rings. The molecule has 1 saturated heterocycles. The van der Waals surface area contributed by atoms with Gasteiger partial charge in [-0.2, -0.15) is 0 Å². The molecular formula is C13H22N4O. The van der Waals surface area contributed by atoms with Crippen molar-refractivity contribution >= 4 is 0 Å². The maximum absolute atomic E-state index is 11.7. The van der Waals surface area contributed by atoms with Gasteiger partial charge in [0.1, 0.15) is 5.82 Å². The number of hydrogen-bond acceptors (Lipinski definition) is 4. The van der Waals surface area contributed by atoms with Crippen LogP contribution in [0, 0.1) is 0 Å². The topological polar surface area (TPSA) is 52.2 Å². The molecule has 1 aromatic heterocycles. The normalized spacial score (nSPS) is 22.9. The molecule has 2 heterocycles. The summed E-state index contributed by atoms with van der Waals surface area (Å²) in [6.45, 7) is 5.06. The minimum absolute atomic E-state index is 0.0443. The lowest BCUT2D eigenvalue weighted by atomic mass is 10.2. The zero-order valence-electron chi connectivity index (χ0n) is 11.4. The molecule has 0 aromatic carbocycles. The Morgan fingerprint density at radius 2 is 2.22 bits per heavy atom. The van der Waals surface area contributed by atoms with Crippen molar-refractivity contribution in [3.8, 4) is 0 Å². The Labute approximate surface area is 108 Å². The van der Waals surface area contributed by atoms with Crippen LogP contribution < -0.4 is 5.56 Å². The van der Waals surface area contributed by atoms with Crippen LogP contribution in [0.4, 0.5) is 0 Å². The van der Waals surface area contributed by atoms with Crippen LogP contribution in [0.2, 0.25) is 0 Å². The van der Waals surface area contributed by atoms with Crippen LogP contribution >= 0.6 is 0 Å². The number of hydrogen-bond donors (Lipinski definition) is 1. The number of rotatable bonds is 2. The van der Waals surface area contributed by atoms with E-state index >= 15 is 0 Å². The Bertz CT molecular complexity index is 457. The van der Waals surface area contributed by atoms with Gasteiger partial charge in [0.2, 0.25) is 0 Å². The molecule has 5 heteroatoms. The molecular weight excluding hydrogens is 228 g/mol. The van der Waals surface area contributed by atoms with E-state index in [0.717, 1.165) is 44.0 Å². The second kappa shape index (κ2) is 5.63. The molecule has 1 aliphatic rings. The van der Waals surface area contributed by atoms with Gasteiger partial charge in [0.05, 0.1) is 6.04 Å². The maximum Gasteiger partial charge on any atom is 0.251 e. The van der Waals surface area contributed by atoms with Gasteiger partial charge in [-0.1, -0.05) is 6.92 Å². The predicted octanol–water partition coefficient (Wildman–Crippen LogP) is 0.641. The summed E-state index contributed by atoms with van der Waals surface area (Å²) in [6, 6.07) is 1.76. The first-order valence-electron chi connectivity index (χ1n) is 6.59. The summed E-state index contributed by atoms with van der Waals surface area (Å²) in [5, 5.41) is 0. The summed E-state index contributed by atoms with van der Waals surface area (Å²) in [5.74, 6) is 0.801. The number of likely N-dealkylation sites (N-methyl/N-ethyl adjacent to an activating group) is 2. The molecule has 0 amide bonds. The van der Waals surface area contributed by atoms with Crippen molar-refractivity contribution in [2.75, 3.05) is 33.7 Å². The summed E-state index contributed by atoms with van der Waals surface area (Å²) >= 11 is 0. The molecule has 5 nitrogen and oxygen atoms in total. The molecule has 0 aliphatic carbocycles. The number of aromatic amines is 1. The van der Waals surface area contributed by atoms with E-state index in [-0.39, 0.29) is 11.6 Å². The van der Waals surface area contributed by atoms with Gasteiger partial charge in [0, 0.05) is 18.3 Å². The zero-order valence-corrected chi connectivity index (χ0v) is 11.4. The number of aromatic nitrogens is 2. The van der Waals surface area contributed by atoms with Gasteiger partial charge in [-0.3, -0.25) is 9.69 Å². The summed E-state index contributed by atoms with van der Waals surface area (Å²) < 4.78 is 0. The van der Waals surface area contributed by atoms with Crippen molar-refractivity contribution < 1.29 is 0 Å². The molecule has 1 aliphatic heterocycles.